The van der Waals surface area contributed by atoms with Crippen molar-refractivity contribution in [1.29, 1.82) is 0 Å². The zero-order chi connectivity index (χ0) is 12.1. The highest BCUT2D eigenvalue weighted by atomic mass is 15.3. The summed E-state index contributed by atoms with van der Waals surface area (Å²) in [6.07, 6.45) is 10.8. The maximum Gasteiger partial charge on any atom is 0.0524 e. The molecule has 0 amide bonds. The molecule has 17 heavy (non-hydrogen) atoms. The van der Waals surface area contributed by atoms with E-state index in [1.54, 1.807) is 0 Å². The fraction of sp³-hybridized carbons (Fsp3) is 0.786. The monoisotopic (exact) mass is 235 g/mol. The van der Waals surface area contributed by atoms with Crippen molar-refractivity contribution in [3.8, 4) is 0 Å². The van der Waals surface area contributed by atoms with Gasteiger partial charge in [-0.1, -0.05) is 13.3 Å². The Labute approximate surface area is 105 Å². The van der Waals surface area contributed by atoms with Crippen LogP contribution in [0.5, 0.6) is 0 Å². The van der Waals surface area contributed by atoms with Crippen LogP contribution in [0.4, 0.5) is 0 Å². The molecule has 2 atom stereocenters. The molecule has 0 aromatic carbocycles. The molecule has 0 radical (unpaired) electrons. The molecule has 0 spiro atoms. The van der Waals surface area contributed by atoms with Gasteiger partial charge in [-0.25, -0.2) is 0 Å². The normalized spacial score (nSPS) is 25.1. The van der Waals surface area contributed by atoms with Crippen molar-refractivity contribution in [3.63, 3.8) is 0 Å². The van der Waals surface area contributed by atoms with E-state index in [2.05, 4.69) is 36.7 Å². The lowest BCUT2D eigenvalue weighted by molar-refractivity contribution is 0.340. The molecule has 1 aliphatic rings. The van der Waals surface area contributed by atoms with Gasteiger partial charge in [-0.3, -0.25) is 4.68 Å². The van der Waals surface area contributed by atoms with Crippen LogP contribution in [0.1, 0.15) is 57.4 Å². The van der Waals surface area contributed by atoms with E-state index in [1.165, 1.54) is 37.7 Å². The predicted molar refractivity (Wildman–Crippen MR) is 71.2 cm³/mol. The lowest BCUT2D eigenvalue weighted by atomic mass is 9.82. The summed E-state index contributed by atoms with van der Waals surface area (Å²) in [5.74, 6) is 0.721. The smallest absolute Gasteiger partial charge is 0.0524 e. The average molecular weight is 235 g/mol. The zero-order valence-corrected chi connectivity index (χ0v) is 11.2. The van der Waals surface area contributed by atoms with Crippen LogP contribution in [-0.4, -0.2) is 22.4 Å². The van der Waals surface area contributed by atoms with E-state index in [1.807, 2.05) is 4.68 Å². The summed E-state index contributed by atoms with van der Waals surface area (Å²) >= 11 is 0. The molecule has 2 rings (SSSR count). The number of rotatable bonds is 5. The molecule has 1 aromatic rings. The minimum absolute atomic E-state index is 0.721. The van der Waals surface area contributed by atoms with Crippen LogP contribution in [0.3, 0.4) is 0 Å². The summed E-state index contributed by atoms with van der Waals surface area (Å²) in [6.45, 7) is 6.51. The molecule has 3 nitrogen and oxygen atoms in total. The molecule has 1 aromatic heterocycles. The first-order valence-corrected chi connectivity index (χ1v) is 7.09. The van der Waals surface area contributed by atoms with Crippen LogP contribution >= 0.6 is 0 Å². The number of nitrogens with one attached hydrogen (secondary N) is 1. The van der Waals surface area contributed by atoms with Crippen molar-refractivity contribution >= 4 is 0 Å². The Morgan fingerprint density at radius 1 is 1.41 bits per heavy atom. The van der Waals surface area contributed by atoms with E-state index < -0.39 is 0 Å². The summed E-state index contributed by atoms with van der Waals surface area (Å²) in [5, 5.41) is 8.06. The van der Waals surface area contributed by atoms with Gasteiger partial charge in [0, 0.05) is 18.8 Å². The van der Waals surface area contributed by atoms with Gasteiger partial charge in [0.25, 0.3) is 0 Å². The molecule has 1 saturated carbocycles. The van der Waals surface area contributed by atoms with Gasteiger partial charge in [0.1, 0.15) is 0 Å². The van der Waals surface area contributed by atoms with E-state index in [4.69, 9.17) is 0 Å². The molecular weight excluding hydrogens is 210 g/mol. The predicted octanol–water partition coefficient (Wildman–Crippen LogP) is 2.93. The van der Waals surface area contributed by atoms with Gasteiger partial charge in [-0.15, -0.1) is 0 Å². The summed E-state index contributed by atoms with van der Waals surface area (Å²) < 4.78 is 2.04. The van der Waals surface area contributed by atoms with Gasteiger partial charge in [0.15, 0.2) is 0 Å². The lowest BCUT2D eigenvalue weighted by Gasteiger charge is -2.29. The quantitative estimate of drug-likeness (QED) is 0.850. The summed E-state index contributed by atoms with van der Waals surface area (Å²) in [6, 6.07) is 0.721. The summed E-state index contributed by atoms with van der Waals surface area (Å²) in [5.41, 5.74) is 1.44. The number of aromatic nitrogens is 2. The van der Waals surface area contributed by atoms with Gasteiger partial charge in [-0.2, -0.15) is 5.10 Å². The van der Waals surface area contributed by atoms with Crippen LogP contribution in [0.15, 0.2) is 12.4 Å². The number of aryl methyl sites for hydroxylation is 1. The molecule has 96 valence electrons. The number of hydrogen-bond acceptors (Lipinski definition) is 2. The molecule has 1 N–H and O–H groups in total. The first-order valence-electron chi connectivity index (χ1n) is 7.09. The van der Waals surface area contributed by atoms with E-state index in [0.717, 1.165) is 25.0 Å². The standard InChI is InChI=1S/C14H25N3/c1-3-8-15-14-7-5-6-12(9-14)13-10-16-17(4-2)11-13/h10-12,14-15H,3-9H2,1-2H3. The minimum atomic E-state index is 0.721. The molecule has 1 heterocycles. The Kier molecular flexibility index (Phi) is 4.60. The zero-order valence-electron chi connectivity index (χ0n) is 11.2. The second-order valence-corrected chi connectivity index (χ2v) is 5.14. The van der Waals surface area contributed by atoms with E-state index in [-0.39, 0.29) is 0 Å². The second kappa shape index (κ2) is 6.20. The van der Waals surface area contributed by atoms with Crippen molar-refractivity contribution in [2.45, 2.75) is 64.5 Å². The molecule has 0 aliphatic heterocycles. The topological polar surface area (TPSA) is 29.9 Å². The Morgan fingerprint density at radius 3 is 3.00 bits per heavy atom. The largest absolute Gasteiger partial charge is 0.314 e. The van der Waals surface area contributed by atoms with Gasteiger partial charge in [0.2, 0.25) is 0 Å². The highest BCUT2D eigenvalue weighted by Crippen LogP contribution is 2.32. The van der Waals surface area contributed by atoms with Gasteiger partial charge in [0.05, 0.1) is 6.20 Å². The highest BCUT2D eigenvalue weighted by Gasteiger charge is 2.23. The highest BCUT2D eigenvalue weighted by molar-refractivity contribution is 5.13. The third-order valence-corrected chi connectivity index (χ3v) is 3.81. The van der Waals surface area contributed by atoms with Gasteiger partial charge in [-0.05, 0) is 50.6 Å². The molecule has 1 aliphatic carbocycles. The van der Waals surface area contributed by atoms with Crippen LogP contribution < -0.4 is 5.32 Å². The number of nitrogens with zero attached hydrogens (tertiary/aromatic N) is 2. The average Bonchev–Trinajstić information content (AvgIpc) is 2.85. The molecule has 0 saturated heterocycles. The lowest BCUT2D eigenvalue weighted by Crippen LogP contribution is -2.33. The molecule has 3 heteroatoms. The Morgan fingerprint density at radius 2 is 2.29 bits per heavy atom. The first kappa shape index (κ1) is 12.6. The molecule has 0 bridgehead atoms. The Balaban J connectivity index is 1.92. The van der Waals surface area contributed by atoms with Crippen molar-refractivity contribution in [3.05, 3.63) is 18.0 Å². The van der Waals surface area contributed by atoms with Crippen LogP contribution in [-0.2, 0) is 6.54 Å². The Bertz CT molecular complexity index is 332. The minimum Gasteiger partial charge on any atom is -0.314 e. The second-order valence-electron chi connectivity index (χ2n) is 5.14. The third kappa shape index (κ3) is 3.32. The van der Waals surface area contributed by atoms with Crippen LogP contribution in [0.25, 0.3) is 0 Å². The van der Waals surface area contributed by atoms with Crippen LogP contribution in [0.2, 0.25) is 0 Å². The maximum atomic E-state index is 4.39. The summed E-state index contributed by atoms with van der Waals surface area (Å²) in [4.78, 5) is 0. The fourth-order valence-corrected chi connectivity index (χ4v) is 2.79. The fourth-order valence-electron chi connectivity index (χ4n) is 2.79. The van der Waals surface area contributed by atoms with Gasteiger partial charge >= 0.3 is 0 Å². The van der Waals surface area contributed by atoms with Crippen molar-refractivity contribution < 1.29 is 0 Å². The van der Waals surface area contributed by atoms with E-state index in [0.29, 0.717) is 0 Å². The maximum absolute atomic E-state index is 4.39. The first-order chi connectivity index (χ1) is 8.33. The molecule has 1 fully saturated rings. The van der Waals surface area contributed by atoms with Crippen molar-refractivity contribution in [2.24, 2.45) is 0 Å². The third-order valence-electron chi connectivity index (χ3n) is 3.81. The van der Waals surface area contributed by atoms with Crippen molar-refractivity contribution in [2.75, 3.05) is 6.54 Å². The molecule has 2 unspecified atom stereocenters. The van der Waals surface area contributed by atoms with Crippen LogP contribution in [0, 0.1) is 0 Å². The summed E-state index contributed by atoms with van der Waals surface area (Å²) in [7, 11) is 0. The number of hydrogen-bond donors (Lipinski definition) is 1. The Hall–Kier alpha value is -0.830. The molecular formula is C14H25N3. The van der Waals surface area contributed by atoms with Crippen molar-refractivity contribution in [1.82, 2.24) is 15.1 Å². The van der Waals surface area contributed by atoms with Gasteiger partial charge < -0.3 is 5.32 Å². The SMILES string of the molecule is CCCNC1CCCC(c2cnn(CC)c2)C1. The van der Waals surface area contributed by atoms with E-state index >= 15 is 0 Å². The van der Waals surface area contributed by atoms with E-state index in [9.17, 15) is 0 Å².